The molecule has 4 aromatic rings. The fraction of sp³-hybridized carbons (Fsp3) is 0.0526. The lowest BCUT2D eigenvalue weighted by Gasteiger charge is -2.10. The minimum absolute atomic E-state index is 0.0127. The molecule has 0 radical (unpaired) electrons. The van der Waals surface area contributed by atoms with Crippen LogP contribution in [0.2, 0.25) is 0 Å². The largest absolute Gasteiger partial charge is 0.431 e. The Bertz CT molecular complexity index is 1180. The molecule has 0 saturated carbocycles. The second-order valence-corrected chi connectivity index (χ2v) is 5.91. The maximum Gasteiger partial charge on any atom is 0.373 e. The summed E-state index contributed by atoms with van der Waals surface area (Å²) in [5.41, 5.74) is 1.14. The maximum atomic E-state index is 11.7. The molecule has 4 rings (SSSR count). The number of benzene rings is 1. The Labute approximate surface area is 159 Å². The van der Waals surface area contributed by atoms with E-state index in [-0.39, 0.29) is 11.7 Å². The number of hydrogen-bond donors (Lipinski definition) is 1. The van der Waals surface area contributed by atoms with Crippen molar-refractivity contribution in [3.05, 3.63) is 76.9 Å². The van der Waals surface area contributed by atoms with E-state index in [0.29, 0.717) is 17.1 Å². The summed E-state index contributed by atoms with van der Waals surface area (Å²) >= 11 is 0. The fourth-order valence-corrected chi connectivity index (χ4v) is 2.68. The molecule has 9 nitrogen and oxygen atoms in total. The summed E-state index contributed by atoms with van der Waals surface area (Å²) in [5.74, 6) is 0.591. The van der Waals surface area contributed by atoms with Gasteiger partial charge in [-0.15, -0.1) is 0 Å². The van der Waals surface area contributed by atoms with Gasteiger partial charge in [0.2, 0.25) is 5.82 Å². The Hall–Kier alpha value is -4.14. The van der Waals surface area contributed by atoms with Crippen molar-refractivity contribution in [2.75, 3.05) is 5.32 Å². The van der Waals surface area contributed by atoms with Crippen molar-refractivity contribution in [2.24, 2.45) is 0 Å². The highest BCUT2D eigenvalue weighted by atomic mass is 16.6. The Balaban J connectivity index is 1.76. The van der Waals surface area contributed by atoms with Crippen LogP contribution >= 0.6 is 0 Å². The molecular weight excluding hydrogens is 360 g/mol. The first-order valence-corrected chi connectivity index (χ1v) is 8.32. The third-order valence-electron chi connectivity index (χ3n) is 3.94. The molecule has 0 aliphatic rings. The molecule has 0 aliphatic carbocycles. The molecule has 1 N–H and O–H groups in total. The molecule has 1 aromatic carbocycles. The minimum atomic E-state index is -0.591. The molecule has 0 saturated heterocycles. The molecule has 0 atom stereocenters. The summed E-state index contributed by atoms with van der Waals surface area (Å²) < 4.78 is 5.77. The third-order valence-corrected chi connectivity index (χ3v) is 3.94. The van der Waals surface area contributed by atoms with Crippen LogP contribution in [0.3, 0.4) is 0 Å². The van der Waals surface area contributed by atoms with E-state index in [9.17, 15) is 10.1 Å². The summed E-state index contributed by atoms with van der Waals surface area (Å²) in [7, 11) is 0. The zero-order valence-electron chi connectivity index (χ0n) is 14.7. The van der Waals surface area contributed by atoms with Crippen molar-refractivity contribution in [1.29, 1.82) is 0 Å². The van der Waals surface area contributed by atoms with Gasteiger partial charge in [0.15, 0.2) is 5.75 Å². The molecule has 3 heterocycles. The minimum Gasteiger partial charge on any atom is -0.431 e. The van der Waals surface area contributed by atoms with E-state index in [1.54, 1.807) is 36.7 Å². The van der Waals surface area contributed by atoms with E-state index in [2.05, 4.69) is 25.3 Å². The van der Waals surface area contributed by atoms with Crippen LogP contribution in [0.1, 0.15) is 5.56 Å². The second kappa shape index (κ2) is 7.23. The van der Waals surface area contributed by atoms with Gasteiger partial charge >= 0.3 is 11.6 Å². The topological polar surface area (TPSA) is 116 Å². The number of hydrogen-bond acceptors (Lipinski definition) is 8. The van der Waals surface area contributed by atoms with Gasteiger partial charge in [-0.05, 0) is 36.8 Å². The van der Waals surface area contributed by atoms with E-state index < -0.39 is 10.6 Å². The summed E-state index contributed by atoms with van der Waals surface area (Å²) in [5, 5.41) is 15.4. The van der Waals surface area contributed by atoms with E-state index in [1.165, 1.54) is 6.33 Å². The highest BCUT2D eigenvalue weighted by Gasteiger charge is 2.26. The van der Waals surface area contributed by atoms with E-state index >= 15 is 0 Å². The van der Waals surface area contributed by atoms with Gasteiger partial charge in [-0.1, -0.05) is 18.2 Å². The highest BCUT2D eigenvalue weighted by Crippen LogP contribution is 2.36. The summed E-state index contributed by atoms with van der Waals surface area (Å²) in [6.07, 6.45) is 4.42. The van der Waals surface area contributed by atoms with Crippen LogP contribution in [0.4, 0.5) is 17.3 Å². The van der Waals surface area contributed by atoms with Crippen LogP contribution in [0, 0.1) is 17.0 Å². The van der Waals surface area contributed by atoms with Crippen molar-refractivity contribution in [3.63, 3.8) is 0 Å². The van der Waals surface area contributed by atoms with Crippen LogP contribution < -0.4 is 10.1 Å². The zero-order chi connectivity index (χ0) is 19.5. The number of aryl methyl sites for hydroxylation is 1. The van der Waals surface area contributed by atoms with Gasteiger partial charge in [-0.25, -0.2) is 9.97 Å². The molecule has 138 valence electrons. The quantitative estimate of drug-likeness (QED) is 0.409. The predicted molar refractivity (Wildman–Crippen MR) is 103 cm³/mol. The molecule has 0 amide bonds. The molecule has 0 fully saturated rings. The molecule has 0 bridgehead atoms. The first-order valence-electron chi connectivity index (χ1n) is 8.32. The first-order chi connectivity index (χ1) is 13.6. The maximum absolute atomic E-state index is 11.7. The van der Waals surface area contributed by atoms with E-state index in [0.717, 1.165) is 10.9 Å². The molecule has 0 spiro atoms. The summed E-state index contributed by atoms with van der Waals surface area (Å²) in [4.78, 5) is 27.5. The fourth-order valence-electron chi connectivity index (χ4n) is 2.68. The smallest absolute Gasteiger partial charge is 0.373 e. The first kappa shape index (κ1) is 17.3. The Morgan fingerprint density at radius 3 is 2.71 bits per heavy atom. The van der Waals surface area contributed by atoms with Gasteiger partial charge in [-0.3, -0.25) is 15.1 Å². The van der Waals surface area contributed by atoms with Crippen molar-refractivity contribution >= 4 is 28.2 Å². The number of para-hydroxylation sites is 1. The molecule has 0 aliphatic heterocycles. The average Bonchev–Trinajstić information content (AvgIpc) is 2.68. The van der Waals surface area contributed by atoms with E-state index in [4.69, 9.17) is 4.74 Å². The summed E-state index contributed by atoms with van der Waals surface area (Å²) in [6.45, 7) is 1.89. The Morgan fingerprint density at radius 1 is 1.04 bits per heavy atom. The number of nitrogens with zero attached hydrogens (tertiary/aromatic N) is 5. The number of nitro groups is 1. The number of anilines is 2. The van der Waals surface area contributed by atoms with Crippen LogP contribution in [0.5, 0.6) is 11.6 Å². The van der Waals surface area contributed by atoms with Crippen molar-refractivity contribution in [1.82, 2.24) is 19.9 Å². The van der Waals surface area contributed by atoms with Crippen LogP contribution in [0.15, 0.2) is 61.2 Å². The van der Waals surface area contributed by atoms with Crippen LogP contribution in [0.25, 0.3) is 10.9 Å². The Morgan fingerprint density at radius 2 is 1.89 bits per heavy atom. The van der Waals surface area contributed by atoms with Crippen LogP contribution in [-0.4, -0.2) is 24.9 Å². The van der Waals surface area contributed by atoms with Gasteiger partial charge in [0, 0.05) is 17.8 Å². The monoisotopic (exact) mass is 374 g/mol. The number of pyridine rings is 2. The lowest BCUT2D eigenvalue weighted by molar-refractivity contribution is -0.385. The van der Waals surface area contributed by atoms with E-state index in [1.807, 2.05) is 25.1 Å². The van der Waals surface area contributed by atoms with Gasteiger partial charge in [0.1, 0.15) is 17.7 Å². The number of nitrogens with one attached hydrogen (secondary N) is 1. The zero-order valence-corrected chi connectivity index (χ0v) is 14.7. The number of rotatable bonds is 5. The second-order valence-electron chi connectivity index (χ2n) is 5.91. The number of ether oxygens (including phenoxy) is 1. The molecule has 0 unspecified atom stereocenters. The van der Waals surface area contributed by atoms with Crippen LogP contribution in [-0.2, 0) is 0 Å². The van der Waals surface area contributed by atoms with Gasteiger partial charge < -0.3 is 10.1 Å². The predicted octanol–water partition coefficient (Wildman–Crippen LogP) is 4.17. The summed E-state index contributed by atoms with van der Waals surface area (Å²) in [6, 6.07) is 12.6. The van der Waals surface area contributed by atoms with Crippen molar-refractivity contribution < 1.29 is 9.66 Å². The van der Waals surface area contributed by atoms with Gasteiger partial charge in [0.25, 0.3) is 0 Å². The Kier molecular flexibility index (Phi) is 4.47. The third kappa shape index (κ3) is 3.40. The molecule has 28 heavy (non-hydrogen) atoms. The van der Waals surface area contributed by atoms with Crippen molar-refractivity contribution in [3.8, 4) is 11.6 Å². The normalized spacial score (nSPS) is 10.6. The van der Waals surface area contributed by atoms with Gasteiger partial charge in [-0.2, -0.15) is 4.98 Å². The highest BCUT2D eigenvalue weighted by molar-refractivity contribution is 5.84. The molecule has 9 heteroatoms. The average molecular weight is 374 g/mol. The standard InChI is InChI=1S/C19H14N6O3/c1-12-7-9-20-15(10-12)24-18-17(25(26)27)19(23-11-22-18)28-14-6-2-4-13-5-3-8-21-16(13)14/h2-11H,1H3,(H,20,22,23,24). The SMILES string of the molecule is Cc1ccnc(Nc2ncnc(Oc3cccc4cccnc34)c2[N+](=O)[O-])c1. The molecular formula is C19H14N6O3. The van der Waals surface area contributed by atoms with Crippen molar-refractivity contribution in [2.45, 2.75) is 6.92 Å². The number of fused-ring (bicyclic) bond motifs is 1. The lowest BCUT2D eigenvalue weighted by atomic mass is 10.2. The van der Waals surface area contributed by atoms with Gasteiger partial charge in [0.05, 0.1) is 4.92 Å². The number of aromatic nitrogens is 4. The lowest BCUT2D eigenvalue weighted by Crippen LogP contribution is -2.04. The molecule has 3 aromatic heterocycles.